The van der Waals surface area contributed by atoms with Crippen LogP contribution in [0.25, 0.3) is 0 Å². The van der Waals surface area contributed by atoms with Crippen LogP contribution in [-0.2, 0) is 0 Å². The normalized spacial score (nSPS) is 30.7. The van der Waals surface area contributed by atoms with Crippen LogP contribution < -0.4 is 5.73 Å². The number of piperidine rings is 1. The molecule has 0 aromatic carbocycles. The van der Waals surface area contributed by atoms with Crippen molar-refractivity contribution in [3.8, 4) is 0 Å². The summed E-state index contributed by atoms with van der Waals surface area (Å²) in [4.78, 5) is 2.58. The highest BCUT2D eigenvalue weighted by molar-refractivity contribution is 7.98. The molecule has 0 radical (unpaired) electrons. The highest BCUT2D eigenvalue weighted by Gasteiger charge is 2.21. The number of hydrogen-bond acceptors (Lipinski definition) is 3. The van der Waals surface area contributed by atoms with Gasteiger partial charge in [0.1, 0.15) is 0 Å². The molecule has 78 valence electrons. The molecule has 1 rings (SSSR count). The zero-order valence-corrected chi connectivity index (χ0v) is 9.65. The van der Waals surface area contributed by atoms with Crippen LogP contribution in [0.3, 0.4) is 0 Å². The molecule has 1 aliphatic rings. The number of nitrogens with zero attached hydrogens (tertiary/aromatic N) is 1. The Balaban J connectivity index is 2.18. The van der Waals surface area contributed by atoms with Gasteiger partial charge in [-0.1, -0.05) is 0 Å². The summed E-state index contributed by atoms with van der Waals surface area (Å²) in [5, 5.41) is 0. The van der Waals surface area contributed by atoms with E-state index in [4.69, 9.17) is 5.73 Å². The fourth-order valence-electron chi connectivity index (χ4n) is 2.00. The molecule has 13 heavy (non-hydrogen) atoms. The van der Waals surface area contributed by atoms with E-state index in [1.54, 1.807) is 0 Å². The Morgan fingerprint density at radius 2 is 2.31 bits per heavy atom. The van der Waals surface area contributed by atoms with Gasteiger partial charge >= 0.3 is 0 Å². The monoisotopic (exact) mass is 202 g/mol. The van der Waals surface area contributed by atoms with Crippen LogP contribution in [0.4, 0.5) is 0 Å². The second kappa shape index (κ2) is 5.89. The number of nitrogens with two attached hydrogens (primary N) is 1. The zero-order valence-electron chi connectivity index (χ0n) is 8.83. The highest BCUT2D eigenvalue weighted by Crippen LogP contribution is 2.16. The number of rotatable bonds is 4. The second-order valence-corrected chi connectivity index (χ2v) is 5.00. The minimum absolute atomic E-state index is 0.451. The standard InChI is InChI=1S/C10H22N2S/c1-9-8-10(11)4-6-12(9)5-3-7-13-2/h9-10H,3-8,11H2,1-2H3. The molecule has 1 saturated heterocycles. The van der Waals surface area contributed by atoms with E-state index in [-0.39, 0.29) is 0 Å². The molecule has 1 aliphatic heterocycles. The lowest BCUT2D eigenvalue weighted by Gasteiger charge is -2.36. The van der Waals surface area contributed by atoms with E-state index in [0.29, 0.717) is 12.1 Å². The van der Waals surface area contributed by atoms with Crippen molar-refractivity contribution in [2.75, 3.05) is 25.1 Å². The zero-order chi connectivity index (χ0) is 9.68. The Kier molecular flexibility index (Phi) is 5.14. The van der Waals surface area contributed by atoms with Crippen molar-refractivity contribution in [2.45, 2.75) is 38.3 Å². The largest absolute Gasteiger partial charge is 0.328 e. The number of hydrogen-bond donors (Lipinski definition) is 1. The molecule has 0 spiro atoms. The summed E-state index contributed by atoms with van der Waals surface area (Å²) in [6, 6.07) is 1.15. The van der Waals surface area contributed by atoms with Crippen molar-refractivity contribution in [1.82, 2.24) is 4.90 Å². The van der Waals surface area contributed by atoms with Gasteiger partial charge in [-0.05, 0) is 51.3 Å². The van der Waals surface area contributed by atoms with E-state index in [1.807, 2.05) is 11.8 Å². The molecule has 0 saturated carbocycles. The van der Waals surface area contributed by atoms with Gasteiger partial charge in [0.15, 0.2) is 0 Å². The molecule has 2 nitrogen and oxygen atoms in total. The fraction of sp³-hybridized carbons (Fsp3) is 1.00. The third-order valence-electron chi connectivity index (χ3n) is 2.85. The third-order valence-corrected chi connectivity index (χ3v) is 3.55. The Bertz CT molecular complexity index is 141. The van der Waals surface area contributed by atoms with Crippen molar-refractivity contribution in [2.24, 2.45) is 5.73 Å². The van der Waals surface area contributed by atoms with E-state index in [2.05, 4.69) is 18.1 Å². The highest BCUT2D eigenvalue weighted by atomic mass is 32.2. The predicted molar refractivity (Wildman–Crippen MR) is 61.2 cm³/mol. The van der Waals surface area contributed by atoms with Crippen molar-refractivity contribution in [3.05, 3.63) is 0 Å². The van der Waals surface area contributed by atoms with Crippen LogP contribution in [0.2, 0.25) is 0 Å². The first kappa shape index (κ1) is 11.3. The van der Waals surface area contributed by atoms with Crippen molar-refractivity contribution < 1.29 is 0 Å². The third kappa shape index (κ3) is 3.88. The van der Waals surface area contributed by atoms with Crippen LogP contribution in [0, 0.1) is 0 Å². The molecule has 0 amide bonds. The summed E-state index contributed by atoms with van der Waals surface area (Å²) in [7, 11) is 0. The fourth-order valence-corrected chi connectivity index (χ4v) is 2.42. The van der Waals surface area contributed by atoms with Crippen molar-refractivity contribution in [1.29, 1.82) is 0 Å². The molecule has 2 atom stereocenters. The smallest absolute Gasteiger partial charge is 0.00816 e. The van der Waals surface area contributed by atoms with Crippen molar-refractivity contribution in [3.63, 3.8) is 0 Å². The van der Waals surface area contributed by atoms with Gasteiger partial charge in [0, 0.05) is 12.1 Å². The molecule has 2 N–H and O–H groups in total. The van der Waals surface area contributed by atoms with Gasteiger partial charge in [0.2, 0.25) is 0 Å². The molecule has 1 heterocycles. The van der Waals surface area contributed by atoms with Gasteiger partial charge in [-0.3, -0.25) is 0 Å². The predicted octanol–water partition coefficient (Wildman–Crippen LogP) is 1.55. The topological polar surface area (TPSA) is 29.3 Å². The Morgan fingerprint density at radius 3 is 2.92 bits per heavy atom. The average molecular weight is 202 g/mol. The summed E-state index contributed by atoms with van der Waals surface area (Å²) < 4.78 is 0. The van der Waals surface area contributed by atoms with E-state index < -0.39 is 0 Å². The quantitative estimate of drug-likeness (QED) is 0.701. The van der Waals surface area contributed by atoms with Crippen LogP contribution in [0.15, 0.2) is 0 Å². The number of thioether (sulfide) groups is 1. The lowest BCUT2D eigenvalue weighted by molar-refractivity contribution is 0.148. The SMILES string of the molecule is CSCCCN1CCC(N)CC1C. The first-order chi connectivity index (χ1) is 6.24. The summed E-state index contributed by atoms with van der Waals surface area (Å²) in [5.41, 5.74) is 5.91. The van der Waals surface area contributed by atoms with Crippen LogP contribution >= 0.6 is 11.8 Å². The van der Waals surface area contributed by atoms with Crippen molar-refractivity contribution >= 4 is 11.8 Å². The summed E-state index contributed by atoms with van der Waals surface area (Å²) in [6.07, 6.45) is 5.86. The van der Waals surface area contributed by atoms with Crippen LogP contribution in [-0.4, -0.2) is 42.1 Å². The molecule has 0 aliphatic carbocycles. The lowest BCUT2D eigenvalue weighted by Crippen LogP contribution is -2.45. The summed E-state index contributed by atoms with van der Waals surface area (Å²) in [6.45, 7) is 4.77. The Labute approximate surface area is 86.2 Å². The second-order valence-electron chi connectivity index (χ2n) is 4.02. The summed E-state index contributed by atoms with van der Waals surface area (Å²) >= 11 is 1.94. The first-order valence-corrected chi connectivity index (χ1v) is 6.62. The number of likely N-dealkylation sites (tertiary alicyclic amines) is 1. The van der Waals surface area contributed by atoms with E-state index >= 15 is 0 Å². The molecule has 0 aromatic rings. The van der Waals surface area contributed by atoms with Gasteiger partial charge in [0.25, 0.3) is 0 Å². The van der Waals surface area contributed by atoms with Crippen LogP contribution in [0.5, 0.6) is 0 Å². The molecule has 1 fully saturated rings. The van der Waals surface area contributed by atoms with E-state index in [1.165, 1.54) is 38.1 Å². The Hall–Kier alpha value is 0.270. The van der Waals surface area contributed by atoms with E-state index in [9.17, 15) is 0 Å². The molecule has 0 bridgehead atoms. The van der Waals surface area contributed by atoms with E-state index in [0.717, 1.165) is 0 Å². The minimum Gasteiger partial charge on any atom is -0.328 e. The molecular weight excluding hydrogens is 180 g/mol. The van der Waals surface area contributed by atoms with Gasteiger partial charge in [0.05, 0.1) is 0 Å². The lowest BCUT2D eigenvalue weighted by atomic mass is 9.99. The molecule has 0 aromatic heterocycles. The molecule has 3 heteroatoms. The first-order valence-electron chi connectivity index (χ1n) is 5.22. The maximum atomic E-state index is 5.91. The van der Waals surface area contributed by atoms with Crippen LogP contribution in [0.1, 0.15) is 26.2 Å². The maximum absolute atomic E-state index is 5.91. The van der Waals surface area contributed by atoms with Gasteiger partial charge in [-0.2, -0.15) is 11.8 Å². The Morgan fingerprint density at radius 1 is 1.54 bits per heavy atom. The average Bonchev–Trinajstić information content (AvgIpc) is 2.09. The maximum Gasteiger partial charge on any atom is 0.00816 e. The van der Waals surface area contributed by atoms with Gasteiger partial charge in [-0.15, -0.1) is 0 Å². The minimum atomic E-state index is 0.451. The van der Waals surface area contributed by atoms with Gasteiger partial charge in [-0.25, -0.2) is 0 Å². The summed E-state index contributed by atoms with van der Waals surface area (Å²) in [5.74, 6) is 1.29. The molecular formula is C10H22N2S. The molecule has 2 unspecified atom stereocenters. The van der Waals surface area contributed by atoms with Gasteiger partial charge < -0.3 is 10.6 Å².